The number of aryl methyl sites for hydroxylation is 1. The summed E-state index contributed by atoms with van der Waals surface area (Å²) in [6.07, 6.45) is 1.75. The maximum Gasteiger partial charge on any atom is 0.131 e. The average molecular weight is 308 g/mol. The van der Waals surface area contributed by atoms with Crippen LogP contribution in [0, 0.1) is 24.1 Å². The summed E-state index contributed by atoms with van der Waals surface area (Å²) in [6, 6.07) is 14.6. The van der Waals surface area contributed by atoms with Crippen molar-refractivity contribution in [2.45, 2.75) is 20.8 Å². The lowest BCUT2D eigenvalue weighted by molar-refractivity contribution is 0.624. The first-order chi connectivity index (χ1) is 11.1. The first-order valence-electron chi connectivity index (χ1n) is 7.83. The number of benzene rings is 2. The number of rotatable bonds is 5. The van der Waals surface area contributed by atoms with E-state index in [1.807, 2.05) is 19.1 Å². The largest absolute Gasteiger partial charge is 0.372 e. The third-order valence-corrected chi connectivity index (χ3v) is 3.97. The van der Waals surface area contributed by atoms with E-state index in [0.29, 0.717) is 11.1 Å². The molecule has 0 aliphatic rings. The highest BCUT2D eigenvalue weighted by molar-refractivity contribution is 5.90. The normalized spacial score (nSPS) is 11.2. The average Bonchev–Trinajstić information content (AvgIpc) is 2.56. The van der Waals surface area contributed by atoms with Crippen LogP contribution in [0.2, 0.25) is 0 Å². The molecule has 2 rings (SSSR count). The summed E-state index contributed by atoms with van der Waals surface area (Å²) < 4.78 is 13.9. The minimum absolute atomic E-state index is 0.335. The van der Waals surface area contributed by atoms with Gasteiger partial charge in [-0.3, -0.25) is 0 Å². The molecule has 0 bridgehead atoms. The number of hydrogen-bond donors (Lipinski definition) is 0. The van der Waals surface area contributed by atoms with Gasteiger partial charge in [-0.25, -0.2) is 4.39 Å². The summed E-state index contributed by atoms with van der Waals surface area (Å²) in [5.41, 5.74) is 3.83. The molecule has 0 atom stereocenters. The van der Waals surface area contributed by atoms with Gasteiger partial charge in [0.1, 0.15) is 5.82 Å². The molecule has 2 aromatic carbocycles. The Balaban J connectivity index is 2.42. The summed E-state index contributed by atoms with van der Waals surface area (Å²) in [4.78, 5) is 2.27. The fraction of sp³-hybridized carbons (Fsp3) is 0.250. The van der Waals surface area contributed by atoms with Gasteiger partial charge in [-0.2, -0.15) is 5.26 Å². The molecule has 0 N–H and O–H groups in total. The maximum absolute atomic E-state index is 13.9. The van der Waals surface area contributed by atoms with Crippen molar-refractivity contribution in [3.8, 4) is 6.07 Å². The molecule has 0 fully saturated rings. The quantitative estimate of drug-likeness (QED) is 0.571. The summed E-state index contributed by atoms with van der Waals surface area (Å²) in [6.45, 7) is 8.15. The van der Waals surface area contributed by atoms with Gasteiger partial charge < -0.3 is 4.90 Å². The smallest absolute Gasteiger partial charge is 0.131 e. The molecule has 0 saturated heterocycles. The van der Waals surface area contributed by atoms with Crippen molar-refractivity contribution in [1.82, 2.24) is 0 Å². The monoisotopic (exact) mass is 308 g/mol. The highest BCUT2D eigenvalue weighted by atomic mass is 19.1. The van der Waals surface area contributed by atoms with Crippen LogP contribution in [0.5, 0.6) is 0 Å². The SMILES string of the molecule is CCN(CC)c1ccc(/C=C(\C#N)c2ccccc2F)c(C)c1. The van der Waals surface area contributed by atoms with Gasteiger partial charge in [-0.05, 0) is 56.2 Å². The number of halogens is 1. The van der Waals surface area contributed by atoms with Crippen molar-refractivity contribution >= 4 is 17.3 Å². The lowest BCUT2D eigenvalue weighted by Gasteiger charge is -2.21. The molecule has 0 aliphatic carbocycles. The molecule has 0 amide bonds. The van der Waals surface area contributed by atoms with Gasteiger partial charge >= 0.3 is 0 Å². The molecule has 0 saturated carbocycles. The molecule has 23 heavy (non-hydrogen) atoms. The maximum atomic E-state index is 13.9. The Kier molecular flexibility index (Phi) is 5.54. The standard InChI is InChI=1S/C20H21FN2/c1-4-23(5-2)18-11-10-16(15(3)12-18)13-17(14-22)19-8-6-7-9-20(19)21/h6-13H,4-5H2,1-3H3/b17-13+. The summed E-state index contributed by atoms with van der Waals surface area (Å²) in [7, 11) is 0. The van der Waals surface area contributed by atoms with Crippen molar-refractivity contribution in [3.05, 3.63) is 65.0 Å². The Morgan fingerprint density at radius 3 is 2.43 bits per heavy atom. The molecule has 0 aliphatic heterocycles. The van der Waals surface area contributed by atoms with Crippen LogP contribution in [0.25, 0.3) is 11.6 Å². The van der Waals surface area contributed by atoms with Gasteiger partial charge in [-0.15, -0.1) is 0 Å². The Morgan fingerprint density at radius 2 is 1.87 bits per heavy atom. The van der Waals surface area contributed by atoms with E-state index in [0.717, 1.165) is 29.9 Å². The first kappa shape index (κ1) is 16.8. The molecule has 3 heteroatoms. The van der Waals surface area contributed by atoms with Crippen molar-refractivity contribution < 1.29 is 4.39 Å². The number of nitrogens with zero attached hydrogens (tertiary/aromatic N) is 2. The van der Waals surface area contributed by atoms with Crippen molar-refractivity contribution in [2.24, 2.45) is 0 Å². The molecule has 0 radical (unpaired) electrons. The van der Waals surface area contributed by atoms with Gasteiger partial charge in [0.15, 0.2) is 0 Å². The molecule has 2 nitrogen and oxygen atoms in total. The predicted octanol–water partition coefficient (Wildman–Crippen LogP) is 5.04. The summed E-state index contributed by atoms with van der Waals surface area (Å²) in [5.74, 6) is -0.377. The number of nitriles is 1. The molecule has 0 spiro atoms. The Labute approximate surface area is 137 Å². The highest BCUT2D eigenvalue weighted by Crippen LogP contribution is 2.25. The van der Waals surface area contributed by atoms with Crippen molar-refractivity contribution in [2.75, 3.05) is 18.0 Å². The van der Waals surface area contributed by atoms with Crippen LogP contribution in [-0.2, 0) is 0 Å². The molecular weight excluding hydrogens is 287 g/mol. The lowest BCUT2D eigenvalue weighted by Crippen LogP contribution is -2.21. The molecule has 0 unspecified atom stereocenters. The summed E-state index contributed by atoms with van der Waals surface area (Å²) >= 11 is 0. The van der Waals surface area contributed by atoms with E-state index in [2.05, 4.69) is 30.9 Å². The molecule has 0 aromatic heterocycles. The van der Waals surface area contributed by atoms with Crippen LogP contribution in [-0.4, -0.2) is 13.1 Å². The fourth-order valence-electron chi connectivity index (χ4n) is 2.61. The van der Waals surface area contributed by atoms with E-state index in [-0.39, 0.29) is 5.82 Å². The van der Waals surface area contributed by atoms with E-state index in [9.17, 15) is 9.65 Å². The third-order valence-electron chi connectivity index (χ3n) is 3.97. The van der Waals surface area contributed by atoms with E-state index < -0.39 is 0 Å². The van der Waals surface area contributed by atoms with E-state index in [1.54, 1.807) is 24.3 Å². The minimum atomic E-state index is -0.377. The van der Waals surface area contributed by atoms with Crippen LogP contribution in [0.3, 0.4) is 0 Å². The van der Waals surface area contributed by atoms with Gasteiger partial charge in [0.25, 0.3) is 0 Å². The highest BCUT2D eigenvalue weighted by Gasteiger charge is 2.09. The number of hydrogen-bond acceptors (Lipinski definition) is 2. The van der Waals surface area contributed by atoms with E-state index >= 15 is 0 Å². The van der Waals surface area contributed by atoms with E-state index in [4.69, 9.17) is 0 Å². The zero-order valence-electron chi connectivity index (χ0n) is 13.8. The van der Waals surface area contributed by atoms with Crippen LogP contribution in [0.4, 0.5) is 10.1 Å². The zero-order valence-corrected chi connectivity index (χ0v) is 13.8. The zero-order chi connectivity index (χ0) is 16.8. The molecule has 2 aromatic rings. The van der Waals surface area contributed by atoms with Crippen LogP contribution < -0.4 is 4.90 Å². The van der Waals surface area contributed by atoms with Crippen LogP contribution in [0.1, 0.15) is 30.5 Å². The third kappa shape index (κ3) is 3.78. The second-order valence-electron chi connectivity index (χ2n) is 5.36. The fourth-order valence-corrected chi connectivity index (χ4v) is 2.61. The van der Waals surface area contributed by atoms with Gasteiger partial charge in [-0.1, -0.05) is 24.3 Å². The predicted molar refractivity (Wildman–Crippen MR) is 94.6 cm³/mol. The van der Waals surface area contributed by atoms with Gasteiger partial charge in [0, 0.05) is 24.3 Å². The van der Waals surface area contributed by atoms with Gasteiger partial charge in [0.2, 0.25) is 0 Å². The molecular formula is C20H21FN2. The van der Waals surface area contributed by atoms with Crippen molar-refractivity contribution in [3.63, 3.8) is 0 Å². The summed E-state index contributed by atoms with van der Waals surface area (Å²) in [5, 5.41) is 9.38. The van der Waals surface area contributed by atoms with Crippen LogP contribution in [0.15, 0.2) is 42.5 Å². The molecule has 0 heterocycles. The van der Waals surface area contributed by atoms with Crippen LogP contribution >= 0.6 is 0 Å². The second-order valence-corrected chi connectivity index (χ2v) is 5.36. The Morgan fingerprint density at radius 1 is 1.17 bits per heavy atom. The second kappa shape index (κ2) is 7.60. The van der Waals surface area contributed by atoms with Gasteiger partial charge in [0.05, 0.1) is 11.6 Å². The minimum Gasteiger partial charge on any atom is -0.372 e. The number of anilines is 1. The molecule has 118 valence electrons. The lowest BCUT2D eigenvalue weighted by atomic mass is 10.0. The Hall–Kier alpha value is -2.60. The Bertz CT molecular complexity index is 752. The van der Waals surface area contributed by atoms with E-state index in [1.165, 1.54) is 6.07 Å². The topological polar surface area (TPSA) is 27.0 Å². The van der Waals surface area contributed by atoms with Crippen molar-refractivity contribution in [1.29, 1.82) is 5.26 Å². The first-order valence-corrected chi connectivity index (χ1v) is 7.83. The number of allylic oxidation sites excluding steroid dienone is 1.